The van der Waals surface area contributed by atoms with Gasteiger partial charge in [-0.2, -0.15) is 0 Å². The van der Waals surface area contributed by atoms with Crippen LogP contribution < -0.4 is 5.73 Å². The highest BCUT2D eigenvalue weighted by atomic mass is 16.2. The van der Waals surface area contributed by atoms with Crippen LogP contribution in [-0.2, 0) is 6.54 Å². The van der Waals surface area contributed by atoms with E-state index in [0.717, 1.165) is 37.9 Å². The average Bonchev–Trinajstić information content (AvgIpc) is 2.37. The van der Waals surface area contributed by atoms with Crippen molar-refractivity contribution >= 4 is 5.91 Å². The molecule has 0 unspecified atom stereocenters. The predicted octanol–water partition coefficient (Wildman–Crippen LogP) is 1.69. The molecule has 1 aromatic carbocycles. The van der Waals surface area contributed by atoms with Crippen molar-refractivity contribution in [3.63, 3.8) is 0 Å². The Balaban J connectivity index is 2.50. The molecule has 0 saturated carbocycles. The molecule has 0 aliphatic carbocycles. The zero-order chi connectivity index (χ0) is 14.3. The van der Waals surface area contributed by atoms with Gasteiger partial charge in [-0.1, -0.05) is 6.07 Å². The molecule has 1 aromatic rings. The lowest BCUT2D eigenvalue weighted by Crippen LogP contribution is -2.20. The fraction of sp³-hybridized carbons (Fsp3) is 0.533. The third-order valence-electron chi connectivity index (χ3n) is 3.27. The molecule has 4 nitrogen and oxygen atoms in total. The second-order valence-electron chi connectivity index (χ2n) is 5.03. The standard InChI is InChI=1S/C15H24N2O2/c1-12-10-13(15(16)19)6-7-14(12)11-17(2)8-4-3-5-9-18/h6-7,10,18H,3-5,8-9,11H2,1-2H3,(H2,16,19). The molecule has 0 aliphatic rings. The van der Waals surface area contributed by atoms with Gasteiger partial charge in [0.2, 0.25) is 5.91 Å². The lowest BCUT2D eigenvalue weighted by molar-refractivity contribution is 0.1000. The minimum Gasteiger partial charge on any atom is -0.396 e. The van der Waals surface area contributed by atoms with E-state index in [-0.39, 0.29) is 12.5 Å². The van der Waals surface area contributed by atoms with Crippen LogP contribution in [0.1, 0.15) is 40.7 Å². The molecule has 19 heavy (non-hydrogen) atoms. The number of carbonyl (C=O) groups is 1. The summed E-state index contributed by atoms with van der Waals surface area (Å²) in [4.78, 5) is 13.3. The average molecular weight is 264 g/mol. The number of nitrogens with zero attached hydrogens (tertiary/aromatic N) is 1. The van der Waals surface area contributed by atoms with Crippen molar-refractivity contribution in [1.82, 2.24) is 4.90 Å². The van der Waals surface area contributed by atoms with Crippen LogP contribution in [0.3, 0.4) is 0 Å². The number of nitrogens with two attached hydrogens (primary N) is 1. The van der Waals surface area contributed by atoms with E-state index in [0.29, 0.717) is 5.56 Å². The zero-order valence-electron chi connectivity index (χ0n) is 11.9. The fourth-order valence-corrected chi connectivity index (χ4v) is 2.07. The Morgan fingerprint density at radius 3 is 2.63 bits per heavy atom. The maximum atomic E-state index is 11.1. The number of aliphatic hydroxyl groups excluding tert-OH is 1. The van der Waals surface area contributed by atoms with Crippen LogP contribution in [0.25, 0.3) is 0 Å². The predicted molar refractivity (Wildman–Crippen MR) is 77.0 cm³/mol. The van der Waals surface area contributed by atoms with Crippen molar-refractivity contribution in [2.75, 3.05) is 20.2 Å². The van der Waals surface area contributed by atoms with Crippen molar-refractivity contribution in [3.05, 3.63) is 34.9 Å². The SMILES string of the molecule is Cc1cc(C(N)=O)ccc1CN(C)CCCCCO. The monoisotopic (exact) mass is 264 g/mol. The summed E-state index contributed by atoms with van der Waals surface area (Å²) in [6, 6.07) is 5.60. The second-order valence-corrected chi connectivity index (χ2v) is 5.03. The molecule has 1 amide bonds. The van der Waals surface area contributed by atoms with Gasteiger partial charge in [0.05, 0.1) is 0 Å². The highest BCUT2D eigenvalue weighted by Gasteiger charge is 2.06. The Kier molecular flexibility index (Phi) is 6.53. The lowest BCUT2D eigenvalue weighted by atomic mass is 10.0. The first-order valence-electron chi connectivity index (χ1n) is 6.73. The molecule has 1 rings (SSSR count). The fourth-order valence-electron chi connectivity index (χ4n) is 2.07. The number of aliphatic hydroxyl groups is 1. The number of amides is 1. The number of unbranched alkanes of at least 4 members (excludes halogenated alkanes) is 2. The molecular weight excluding hydrogens is 240 g/mol. The van der Waals surface area contributed by atoms with Crippen LogP contribution >= 0.6 is 0 Å². The number of carbonyl (C=O) groups excluding carboxylic acids is 1. The minimum atomic E-state index is -0.382. The number of primary amides is 1. The van der Waals surface area contributed by atoms with Crippen LogP contribution in [-0.4, -0.2) is 36.1 Å². The number of aryl methyl sites for hydroxylation is 1. The van der Waals surface area contributed by atoms with Gasteiger partial charge in [0, 0.05) is 18.7 Å². The molecule has 0 spiro atoms. The van der Waals surface area contributed by atoms with E-state index >= 15 is 0 Å². The molecule has 0 bridgehead atoms. The van der Waals surface area contributed by atoms with E-state index in [4.69, 9.17) is 10.8 Å². The Labute approximate surface area is 115 Å². The van der Waals surface area contributed by atoms with Gasteiger partial charge >= 0.3 is 0 Å². The summed E-state index contributed by atoms with van der Waals surface area (Å²) in [7, 11) is 2.08. The summed E-state index contributed by atoms with van der Waals surface area (Å²) in [6.07, 6.45) is 3.02. The van der Waals surface area contributed by atoms with Crippen LogP contribution in [0.15, 0.2) is 18.2 Å². The highest BCUT2D eigenvalue weighted by Crippen LogP contribution is 2.13. The molecule has 0 heterocycles. The molecule has 0 atom stereocenters. The van der Waals surface area contributed by atoms with Crippen molar-refractivity contribution in [2.24, 2.45) is 5.73 Å². The van der Waals surface area contributed by atoms with E-state index in [2.05, 4.69) is 11.9 Å². The summed E-state index contributed by atoms with van der Waals surface area (Å²) in [5.41, 5.74) is 8.13. The first-order valence-corrected chi connectivity index (χ1v) is 6.73. The maximum Gasteiger partial charge on any atom is 0.248 e. The third kappa shape index (κ3) is 5.41. The van der Waals surface area contributed by atoms with E-state index in [9.17, 15) is 4.79 Å². The lowest BCUT2D eigenvalue weighted by Gasteiger charge is -2.18. The van der Waals surface area contributed by atoms with Gasteiger partial charge < -0.3 is 15.7 Å². The zero-order valence-corrected chi connectivity index (χ0v) is 11.9. The minimum absolute atomic E-state index is 0.275. The molecular formula is C15H24N2O2. The van der Waals surface area contributed by atoms with E-state index < -0.39 is 0 Å². The Hall–Kier alpha value is -1.39. The largest absolute Gasteiger partial charge is 0.396 e. The molecule has 0 aromatic heterocycles. The van der Waals surface area contributed by atoms with Gasteiger partial charge in [-0.3, -0.25) is 4.79 Å². The van der Waals surface area contributed by atoms with E-state index in [1.807, 2.05) is 19.1 Å². The van der Waals surface area contributed by atoms with Gasteiger partial charge in [0.1, 0.15) is 0 Å². The van der Waals surface area contributed by atoms with Crippen molar-refractivity contribution < 1.29 is 9.90 Å². The molecule has 0 aliphatic heterocycles. The molecule has 0 fully saturated rings. The van der Waals surface area contributed by atoms with Gasteiger partial charge in [-0.15, -0.1) is 0 Å². The van der Waals surface area contributed by atoms with Gasteiger partial charge in [0.25, 0.3) is 0 Å². The maximum absolute atomic E-state index is 11.1. The molecule has 0 saturated heterocycles. The summed E-state index contributed by atoms with van der Waals surface area (Å²) >= 11 is 0. The van der Waals surface area contributed by atoms with Crippen LogP contribution in [0, 0.1) is 6.92 Å². The normalized spacial score (nSPS) is 10.9. The Morgan fingerprint density at radius 2 is 2.05 bits per heavy atom. The topological polar surface area (TPSA) is 66.6 Å². The molecule has 4 heteroatoms. The highest BCUT2D eigenvalue weighted by molar-refractivity contribution is 5.93. The first kappa shape index (κ1) is 15.7. The number of hydrogen-bond donors (Lipinski definition) is 2. The van der Waals surface area contributed by atoms with E-state index in [1.165, 1.54) is 5.56 Å². The second kappa shape index (κ2) is 7.92. The van der Waals surface area contributed by atoms with E-state index in [1.54, 1.807) is 6.07 Å². The summed E-state index contributed by atoms with van der Waals surface area (Å²) in [6.45, 7) is 4.15. The number of rotatable bonds is 8. The Bertz CT molecular complexity index is 419. The van der Waals surface area contributed by atoms with Crippen molar-refractivity contribution in [1.29, 1.82) is 0 Å². The van der Waals surface area contributed by atoms with Crippen LogP contribution in [0.4, 0.5) is 0 Å². The summed E-state index contributed by atoms with van der Waals surface area (Å²) in [5.74, 6) is -0.382. The van der Waals surface area contributed by atoms with Gasteiger partial charge in [-0.25, -0.2) is 0 Å². The van der Waals surface area contributed by atoms with Gasteiger partial charge in [-0.05, 0) is 63.0 Å². The third-order valence-corrected chi connectivity index (χ3v) is 3.27. The first-order chi connectivity index (χ1) is 9.04. The molecule has 106 valence electrons. The van der Waals surface area contributed by atoms with Crippen LogP contribution in [0.2, 0.25) is 0 Å². The Morgan fingerprint density at radius 1 is 1.32 bits per heavy atom. The summed E-state index contributed by atoms with van der Waals surface area (Å²) < 4.78 is 0. The molecule has 0 radical (unpaired) electrons. The quantitative estimate of drug-likeness (QED) is 0.702. The molecule has 3 N–H and O–H groups in total. The number of hydrogen-bond acceptors (Lipinski definition) is 3. The summed E-state index contributed by atoms with van der Waals surface area (Å²) in [5, 5.41) is 8.72. The van der Waals surface area contributed by atoms with Gasteiger partial charge in [0.15, 0.2) is 0 Å². The number of benzene rings is 1. The smallest absolute Gasteiger partial charge is 0.248 e. The van der Waals surface area contributed by atoms with Crippen LogP contribution in [0.5, 0.6) is 0 Å². The van der Waals surface area contributed by atoms with Crippen molar-refractivity contribution in [3.8, 4) is 0 Å². The van der Waals surface area contributed by atoms with Crippen molar-refractivity contribution in [2.45, 2.75) is 32.7 Å².